The van der Waals surface area contributed by atoms with E-state index in [2.05, 4.69) is 4.98 Å². The van der Waals surface area contributed by atoms with Crippen molar-refractivity contribution in [3.8, 4) is 11.5 Å². The number of aromatic nitrogens is 2. The van der Waals surface area contributed by atoms with Crippen molar-refractivity contribution in [2.45, 2.75) is 19.3 Å². The molecule has 0 amide bonds. The highest BCUT2D eigenvalue weighted by atomic mass is 35.5. The van der Waals surface area contributed by atoms with E-state index in [1.54, 1.807) is 24.4 Å². The SMILES string of the molecule is CN(Cc1ccc(OCc2nccn2C)cc1)CC(O)COc1cc(Cl)cc(Cl)c1. The van der Waals surface area contributed by atoms with Gasteiger partial charge in [0.05, 0.1) is 0 Å². The molecule has 0 fully saturated rings. The zero-order chi connectivity index (χ0) is 21.5. The Hall–Kier alpha value is -2.25. The topological polar surface area (TPSA) is 59.8 Å². The van der Waals surface area contributed by atoms with Crippen LogP contribution in [0.25, 0.3) is 0 Å². The van der Waals surface area contributed by atoms with Crippen molar-refractivity contribution in [3.63, 3.8) is 0 Å². The Labute approximate surface area is 186 Å². The molecule has 0 spiro atoms. The van der Waals surface area contributed by atoms with Crippen molar-refractivity contribution in [1.29, 1.82) is 0 Å². The Kier molecular flexibility index (Phi) is 7.99. The van der Waals surface area contributed by atoms with Gasteiger partial charge in [-0.1, -0.05) is 35.3 Å². The van der Waals surface area contributed by atoms with Crippen molar-refractivity contribution < 1.29 is 14.6 Å². The lowest BCUT2D eigenvalue weighted by molar-refractivity contribution is 0.0744. The van der Waals surface area contributed by atoms with E-state index in [4.69, 9.17) is 32.7 Å². The van der Waals surface area contributed by atoms with Crippen molar-refractivity contribution in [2.24, 2.45) is 7.05 Å². The first kappa shape index (κ1) is 22.4. The third kappa shape index (κ3) is 6.92. The third-order valence-corrected chi connectivity index (χ3v) is 4.90. The maximum absolute atomic E-state index is 10.3. The summed E-state index contributed by atoms with van der Waals surface area (Å²) in [6.45, 7) is 1.74. The number of ether oxygens (including phenoxy) is 2. The molecule has 3 rings (SSSR count). The van der Waals surface area contributed by atoms with Gasteiger partial charge < -0.3 is 19.1 Å². The minimum absolute atomic E-state index is 0.154. The van der Waals surface area contributed by atoms with E-state index >= 15 is 0 Å². The van der Waals surface area contributed by atoms with Crippen LogP contribution >= 0.6 is 23.2 Å². The van der Waals surface area contributed by atoms with Crippen molar-refractivity contribution in [3.05, 3.63) is 76.3 Å². The predicted octanol–water partition coefficient (Wildman–Crippen LogP) is 4.18. The molecule has 0 saturated carbocycles. The van der Waals surface area contributed by atoms with Crippen molar-refractivity contribution >= 4 is 23.2 Å². The van der Waals surface area contributed by atoms with Gasteiger partial charge in [0.1, 0.15) is 36.6 Å². The molecule has 3 aromatic rings. The molecule has 1 unspecified atom stereocenters. The average molecular weight is 450 g/mol. The van der Waals surface area contributed by atoms with Gasteiger partial charge >= 0.3 is 0 Å². The molecular weight excluding hydrogens is 425 g/mol. The fourth-order valence-corrected chi connectivity index (χ4v) is 3.47. The summed E-state index contributed by atoms with van der Waals surface area (Å²) in [6.07, 6.45) is 3.00. The average Bonchev–Trinajstić information content (AvgIpc) is 3.10. The van der Waals surface area contributed by atoms with Crippen LogP contribution in [0.3, 0.4) is 0 Å². The number of nitrogens with zero attached hydrogens (tertiary/aromatic N) is 3. The zero-order valence-corrected chi connectivity index (χ0v) is 18.5. The lowest BCUT2D eigenvalue weighted by Gasteiger charge is -2.21. The minimum atomic E-state index is -0.645. The number of aryl methyl sites for hydroxylation is 1. The molecule has 1 atom stereocenters. The fraction of sp³-hybridized carbons (Fsp3) is 0.318. The molecule has 160 valence electrons. The van der Waals surface area contributed by atoms with Gasteiger partial charge in [0.25, 0.3) is 0 Å². The molecule has 2 aromatic carbocycles. The van der Waals surface area contributed by atoms with Crippen LogP contribution in [0.2, 0.25) is 10.0 Å². The van der Waals surface area contributed by atoms with Crippen molar-refractivity contribution in [2.75, 3.05) is 20.2 Å². The van der Waals surface area contributed by atoms with Crippen molar-refractivity contribution in [1.82, 2.24) is 14.5 Å². The van der Waals surface area contributed by atoms with Crippen LogP contribution in [0.4, 0.5) is 0 Å². The second kappa shape index (κ2) is 10.7. The Balaban J connectivity index is 1.42. The van der Waals surface area contributed by atoms with Gasteiger partial charge in [-0.25, -0.2) is 4.98 Å². The van der Waals surface area contributed by atoms with Crippen LogP contribution in [0, 0.1) is 0 Å². The number of aliphatic hydroxyl groups excluding tert-OH is 1. The zero-order valence-electron chi connectivity index (χ0n) is 17.0. The van der Waals surface area contributed by atoms with E-state index in [1.807, 2.05) is 54.0 Å². The minimum Gasteiger partial charge on any atom is -0.491 e. The molecule has 0 aliphatic heterocycles. The highest BCUT2D eigenvalue weighted by Crippen LogP contribution is 2.24. The van der Waals surface area contributed by atoms with Gasteiger partial charge in [-0.05, 0) is 42.9 Å². The number of likely N-dealkylation sites (N-methyl/N-ethyl adjacent to an activating group) is 1. The Morgan fingerprint density at radius 3 is 2.40 bits per heavy atom. The highest BCUT2D eigenvalue weighted by molar-refractivity contribution is 6.34. The van der Waals surface area contributed by atoms with Gasteiger partial charge in [0.15, 0.2) is 0 Å². The summed E-state index contributed by atoms with van der Waals surface area (Å²) in [7, 11) is 3.89. The van der Waals surface area contributed by atoms with Gasteiger partial charge in [-0.15, -0.1) is 0 Å². The number of hydrogen-bond donors (Lipinski definition) is 1. The van der Waals surface area contributed by atoms with Gasteiger partial charge in [0, 0.05) is 42.6 Å². The molecule has 0 radical (unpaired) electrons. The maximum Gasteiger partial charge on any atom is 0.146 e. The summed E-state index contributed by atoms with van der Waals surface area (Å²) in [6, 6.07) is 12.9. The molecule has 1 aromatic heterocycles. The van der Waals surface area contributed by atoms with E-state index in [1.165, 1.54) is 0 Å². The van der Waals surface area contributed by atoms with Crippen LogP contribution in [-0.2, 0) is 20.2 Å². The van der Waals surface area contributed by atoms with E-state index < -0.39 is 6.10 Å². The first-order chi connectivity index (χ1) is 14.4. The molecule has 0 aliphatic carbocycles. The first-order valence-electron chi connectivity index (χ1n) is 9.52. The van der Waals surface area contributed by atoms with E-state index in [0.717, 1.165) is 17.1 Å². The summed E-state index contributed by atoms with van der Waals surface area (Å²) >= 11 is 11.9. The molecule has 0 saturated heterocycles. The van der Waals surface area contributed by atoms with Crippen LogP contribution in [0.1, 0.15) is 11.4 Å². The summed E-state index contributed by atoms with van der Waals surface area (Å²) in [5.41, 5.74) is 1.12. The molecular formula is C22H25Cl2N3O3. The van der Waals surface area contributed by atoms with Gasteiger partial charge in [-0.2, -0.15) is 0 Å². The second-order valence-corrected chi connectivity index (χ2v) is 8.03. The number of rotatable bonds is 10. The van der Waals surface area contributed by atoms with Crippen LogP contribution in [0.15, 0.2) is 54.9 Å². The summed E-state index contributed by atoms with van der Waals surface area (Å²) in [5, 5.41) is 11.3. The van der Waals surface area contributed by atoms with Gasteiger partial charge in [-0.3, -0.25) is 4.90 Å². The van der Waals surface area contributed by atoms with E-state index in [0.29, 0.717) is 35.5 Å². The Morgan fingerprint density at radius 1 is 1.07 bits per heavy atom. The maximum atomic E-state index is 10.3. The highest BCUT2D eigenvalue weighted by Gasteiger charge is 2.11. The lowest BCUT2D eigenvalue weighted by Crippen LogP contribution is -2.32. The Morgan fingerprint density at radius 2 is 1.77 bits per heavy atom. The standard InChI is InChI=1S/C22H25Cl2N3O3/c1-26(13-19(28)14-29-21-10-17(23)9-18(24)11-21)12-16-3-5-20(6-4-16)30-15-22-25-7-8-27(22)2/h3-11,19,28H,12-15H2,1-2H3. The summed E-state index contributed by atoms with van der Waals surface area (Å²) < 4.78 is 13.3. The third-order valence-electron chi connectivity index (χ3n) is 4.47. The molecule has 6 nitrogen and oxygen atoms in total. The number of halogens is 2. The van der Waals surface area contributed by atoms with E-state index in [9.17, 15) is 5.11 Å². The largest absolute Gasteiger partial charge is 0.491 e. The number of hydrogen-bond acceptors (Lipinski definition) is 5. The fourth-order valence-electron chi connectivity index (χ4n) is 2.97. The quantitative estimate of drug-likeness (QED) is 0.502. The molecule has 1 N–H and O–H groups in total. The Bertz CT molecular complexity index is 927. The normalized spacial score (nSPS) is 12.2. The molecule has 0 bridgehead atoms. The van der Waals surface area contributed by atoms with E-state index in [-0.39, 0.29) is 6.61 Å². The first-order valence-corrected chi connectivity index (χ1v) is 10.3. The molecule has 8 heteroatoms. The number of aliphatic hydroxyl groups is 1. The summed E-state index contributed by atoms with van der Waals surface area (Å²) in [5.74, 6) is 2.20. The van der Waals surface area contributed by atoms with Crippen LogP contribution in [-0.4, -0.2) is 45.9 Å². The monoisotopic (exact) mass is 449 g/mol. The number of benzene rings is 2. The molecule has 1 heterocycles. The molecule has 30 heavy (non-hydrogen) atoms. The molecule has 0 aliphatic rings. The predicted molar refractivity (Wildman–Crippen MR) is 118 cm³/mol. The van der Waals surface area contributed by atoms with Crippen LogP contribution < -0.4 is 9.47 Å². The lowest BCUT2D eigenvalue weighted by atomic mass is 10.2. The smallest absolute Gasteiger partial charge is 0.146 e. The second-order valence-electron chi connectivity index (χ2n) is 7.15. The van der Waals surface area contributed by atoms with Crippen LogP contribution in [0.5, 0.6) is 11.5 Å². The number of imidazole rings is 1. The van der Waals surface area contributed by atoms with Gasteiger partial charge in [0.2, 0.25) is 0 Å². The summed E-state index contributed by atoms with van der Waals surface area (Å²) in [4.78, 5) is 6.27.